The average molecular weight is 379 g/mol. The Bertz CT molecular complexity index is 929. The topological polar surface area (TPSA) is 153 Å². The maximum atomic E-state index is 12.0. The van der Waals surface area contributed by atoms with Gasteiger partial charge in [0.2, 0.25) is 0 Å². The fourth-order valence-corrected chi connectivity index (χ4v) is 2.72. The zero-order valence-electron chi connectivity index (χ0n) is 13.5. The number of hydrogen-bond donors (Lipinski definition) is 3. The molecule has 138 valence electrons. The van der Waals surface area contributed by atoms with E-state index in [0.717, 1.165) is 4.90 Å². The van der Waals surface area contributed by atoms with Crippen molar-refractivity contribution < 1.29 is 27.3 Å². The lowest BCUT2D eigenvalue weighted by Crippen LogP contribution is -2.32. The van der Waals surface area contributed by atoms with Crippen LogP contribution in [-0.4, -0.2) is 25.5 Å². The van der Waals surface area contributed by atoms with Crippen LogP contribution < -0.4 is 20.0 Å². The molecule has 0 spiro atoms. The van der Waals surface area contributed by atoms with Gasteiger partial charge in [0, 0.05) is 6.42 Å². The van der Waals surface area contributed by atoms with Gasteiger partial charge in [-0.3, -0.25) is 9.69 Å². The molecule has 0 saturated carbocycles. The lowest BCUT2D eigenvalue weighted by atomic mass is 10.1. The number of hydrogen-bond acceptors (Lipinski definition) is 5. The predicted octanol–water partition coefficient (Wildman–Crippen LogP) is 1.50. The molecule has 0 aliphatic rings. The minimum Gasteiger partial charge on any atom is -0.481 e. The molecule has 9 nitrogen and oxygen atoms in total. The number of para-hydroxylation sites is 2. The molecular formula is C16H17N3O6S. The number of benzene rings is 2. The van der Waals surface area contributed by atoms with E-state index in [1.807, 2.05) is 0 Å². The summed E-state index contributed by atoms with van der Waals surface area (Å²) in [7, 11) is -4.31. The zero-order valence-corrected chi connectivity index (χ0v) is 14.3. The van der Waals surface area contributed by atoms with E-state index in [-0.39, 0.29) is 24.3 Å². The van der Waals surface area contributed by atoms with Crippen LogP contribution in [0.1, 0.15) is 12.0 Å². The molecule has 10 heteroatoms. The maximum absolute atomic E-state index is 12.0. The van der Waals surface area contributed by atoms with Crippen molar-refractivity contribution in [1.82, 2.24) is 0 Å². The van der Waals surface area contributed by atoms with Crippen LogP contribution in [-0.2, 0) is 21.5 Å². The van der Waals surface area contributed by atoms with Crippen LogP contribution in [0.2, 0.25) is 0 Å². The van der Waals surface area contributed by atoms with Crippen LogP contribution >= 0.6 is 0 Å². The van der Waals surface area contributed by atoms with Crippen LogP contribution in [0.15, 0.2) is 48.5 Å². The highest BCUT2D eigenvalue weighted by atomic mass is 32.2. The Morgan fingerprint density at radius 3 is 2.42 bits per heavy atom. The first-order valence-electron chi connectivity index (χ1n) is 7.39. The molecular weight excluding hydrogens is 362 g/mol. The summed E-state index contributed by atoms with van der Waals surface area (Å²) in [6.45, 7) is 0. The number of rotatable bonds is 7. The summed E-state index contributed by atoms with van der Waals surface area (Å²) in [5.74, 6) is -1.13. The molecule has 0 saturated heterocycles. The molecule has 5 N–H and O–H groups in total. The van der Waals surface area contributed by atoms with Crippen molar-refractivity contribution in [3.8, 4) is 5.75 Å². The fraction of sp³-hybridized carbons (Fsp3) is 0.125. The van der Waals surface area contributed by atoms with Gasteiger partial charge >= 0.3 is 22.3 Å². The van der Waals surface area contributed by atoms with Crippen molar-refractivity contribution in [1.29, 1.82) is 0 Å². The van der Waals surface area contributed by atoms with E-state index >= 15 is 0 Å². The minimum absolute atomic E-state index is 0.0735. The first-order chi connectivity index (χ1) is 12.2. The van der Waals surface area contributed by atoms with Crippen molar-refractivity contribution >= 4 is 33.7 Å². The number of carbonyl (C=O) groups excluding carboxylic acids is 1. The number of primary amides is 1. The number of aliphatic carboxylic acids is 1. The lowest BCUT2D eigenvalue weighted by Gasteiger charge is -2.23. The van der Waals surface area contributed by atoms with Gasteiger partial charge in [-0.2, -0.15) is 13.6 Å². The van der Waals surface area contributed by atoms with Crippen LogP contribution in [0.25, 0.3) is 0 Å². The molecule has 2 aromatic rings. The Kier molecular flexibility index (Phi) is 5.80. The number of amides is 2. The second-order valence-corrected chi connectivity index (χ2v) is 6.43. The van der Waals surface area contributed by atoms with E-state index in [1.165, 1.54) is 18.2 Å². The van der Waals surface area contributed by atoms with E-state index in [9.17, 15) is 18.0 Å². The fourth-order valence-electron chi connectivity index (χ4n) is 2.32. The number of nitrogens with zero attached hydrogens (tertiary/aromatic N) is 1. The number of anilines is 2. The van der Waals surface area contributed by atoms with Crippen molar-refractivity contribution in [2.24, 2.45) is 10.9 Å². The van der Waals surface area contributed by atoms with Gasteiger partial charge in [0.1, 0.15) is 0 Å². The van der Waals surface area contributed by atoms with E-state index in [1.54, 1.807) is 30.3 Å². The van der Waals surface area contributed by atoms with E-state index < -0.39 is 22.3 Å². The normalized spacial score (nSPS) is 11.0. The van der Waals surface area contributed by atoms with Gasteiger partial charge in [-0.15, -0.1) is 0 Å². The van der Waals surface area contributed by atoms with Crippen molar-refractivity contribution in [3.63, 3.8) is 0 Å². The Labute approximate surface area is 150 Å². The first-order valence-corrected chi connectivity index (χ1v) is 8.86. The highest BCUT2D eigenvalue weighted by Gasteiger charge is 2.21. The second kappa shape index (κ2) is 7.85. The SMILES string of the molecule is NC(=O)N(c1cccc(CCC(=O)O)c1)c1ccccc1OS(N)(=O)=O. The highest BCUT2D eigenvalue weighted by molar-refractivity contribution is 7.84. The van der Waals surface area contributed by atoms with Crippen molar-refractivity contribution in [2.45, 2.75) is 12.8 Å². The third-order valence-electron chi connectivity index (χ3n) is 3.33. The Morgan fingerprint density at radius 2 is 1.81 bits per heavy atom. The van der Waals surface area contributed by atoms with E-state index in [4.69, 9.17) is 20.2 Å². The average Bonchev–Trinajstić information content (AvgIpc) is 2.53. The molecule has 0 aliphatic heterocycles. The van der Waals surface area contributed by atoms with Crippen LogP contribution in [0.5, 0.6) is 5.75 Å². The van der Waals surface area contributed by atoms with Crippen molar-refractivity contribution in [2.75, 3.05) is 4.90 Å². The smallest absolute Gasteiger partial charge is 0.380 e. The maximum Gasteiger partial charge on any atom is 0.380 e. The molecule has 26 heavy (non-hydrogen) atoms. The summed E-state index contributed by atoms with van der Waals surface area (Å²) in [5, 5.41) is 13.7. The summed E-state index contributed by atoms with van der Waals surface area (Å²) < 4.78 is 27.2. The van der Waals surface area contributed by atoms with E-state index in [2.05, 4.69) is 0 Å². The Hall–Kier alpha value is -3.11. The monoisotopic (exact) mass is 379 g/mol. The van der Waals surface area contributed by atoms with Crippen LogP contribution in [0.4, 0.5) is 16.2 Å². The molecule has 2 rings (SSSR count). The van der Waals surface area contributed by atoms with Gasteiger partial charge in [0.05, 0.1) is 11.4 Å². The molecule has 0 radical (unpaired) electrons. The molecule has 0 unspecified atom stereocenters. The van der Waals surface area contributed by atoms with E-state index in [0.29, 0.717) is 11.3 Å². The predicted molar refractivity (Wildman–Crippen MR) is 94.3 cm³/mol. The number of carboxylic acid groups (broad SMARTS) is 1. The summed E-state index contributed by atoms with van der Waals surface area (Å²) >= 11 is 0. The number of urea groups is 1. The van der Waals surface area contributed by atoms with Gasteiger partial charge in [-0.25, -0.2) is 4.79 Å². The number of aryl methyl sites for hydroxylation is 1. The van der Waals surface area contributed by atoms with Crippen LogP contribution in [0.3, 0.4) is 0 Å². The highest BCUT2D eigenvalue weighted by Crippen LogP contribution is 2.34. The lowest BCUT2D eigenvalue weighted by molar-refractivity contribution is -0.136. The molecule has 2 amide bonds. The first kappa shape index (κ1) is 19.2. The molecule has 0 fully saturated rings. The molecule has 0 heterocycles. The largest absolute Gasteiger partial charge is 0.481 e. The standard InChI is InChI=1S/C16H17N3O6S/c17-16(22)19(12-5-3-4-11(10-12)8-9-15(20)21)13-6-1-2-7-14(13)25-26(18,23)24/h1-7,10H,8-9H2,(H2,17,22)(H,20,21)(H2,18,23,24). The molecule has 0 aromatic heterocycles. The van der Waals surface area contributed by atoms with Crippen molar-refractivity contribution in [3.05, 3.63) is 54.1 Å². The molecule has 2 aromatic carbocycles. The summed E-state index contributed by atoms with van der Waals surface area (Å²) in [4.78, 5) is 23.8. The second-order valence-electron chi connectivity index (χ2n) is 5.28. The van der Waals surface area contributed by atoms with Crippen LogP contribution in [0, 0.1) is 0 Å². The molecule has 0 bridgehead atoms. The Morgan fingerprint density at radius 1 is 1.12 bits per heavy atom. The zero-order chi connectivity index (χ0) is 19.3. The van der Waals surface area contributed by atoms with Gasteiger partial charge in [-0.1, -0.05) is 24.3 Å². The number of carbonyl (C=O) groups is 2. The van der Waals surface area contributed by atoms with Gasteiger partial charge in [-0.05, 0) is 36.2 Å². The molecule has 0 atom stereocenters. The number of carboxylic acids is 1. The Balaban J connectivity index is 2.47. The van der Waals surface area contributed by atoms with Gasteiger partial charge in [0.25, 0.3) is 0 Å². The molecule has 0 aliphatic carbocycles. The number of nitrogens with two attached hydrogens (primary N) is 2. The summed E-state index contributed by atoms with van der Waals surface area (Å²) in [6.07, 6.45) is 0.177. The summed E-state index contributed by atoms with van der Waals surface area (Å²) in [5.41, 5.74) is 6.53. The third kappa shape index (κ3) is 5.19. The minimum atomic E-state index is -4.31. The van der Waals surface area contributed by atoms with Gasteiger partial charge in [0.15, 0.2) is 5.75 Å². The quantitative estimate of drug-likeness (QED) is 0.662. The third-order valence-corrected chi connectivity index (χ3v) is 3.74. The van der Waals surface area contributed by atoms with Gasteiger partial charge < -0.3 is 15.0 Å². The summed E-state index contributed by atoms with van der Waals surface area (Å²) in [6, 6.07) is 11.4.